The molecule has 0 aliphatic rings. The summed E-state index contributed by atoms with van der Waals surface area (Å²) >= 11 is 0. The highest BCUT2D eigenvalue weighted by molar-refractivity contribution is 5.81. The number of nitrogens with zero attached hydrogens (tertiary/aromatic N) is 2. The van der Waals surface area contributed by atoms with Crippen LogP contribution in [0.2, 0.25) is 0 Å². The number of hydrogen-bond donors (Lipinski definition) is 0. The molecular weight excluding hydrogens is 291 g/mol. The summed E-state index contributed by atoms with van der Waals surface area (Å²) in [6, 6.07) is 18.1. The summed E-state index contributed by atoms with van der Waals surface area (Å²) in [6.07, 6.45) is 1.74. The van der Waals surface area contributed by atoms with Gasteiger partial charge in [0.05, 0.1) is 24.7 Å². The lowest BCUT2D eigenvalue weighted by atomic mass is 10.3. The Morgan fingerprint density at radius 3 is 2.52 bits per heavy atom. The van der Waals surface area contributed by atoms with E-state index in [0.29, 0.717) is 5.69 Å². The lowest BCUT2D eigenvalue weighted by Gasteiger charge is -2.10. The molecule has 0 N–H and O–H groups in total. The van der Waals surface area contributed by atoms with Gasteiger partial charge in [0.25, 0.3) is 0 Å². The van der Waals surface area contributed by atoms with Gasteiger partial charge in [-0.05, 0) is 61.5 Å². The number of benzene rings is 2. The van der Waals surface area contributed by atoms with Gasteiger partial charge in [-0.1, -0.05) is 6.07 Å². The van der Waals surface area contributed by atoms with Gasteiger partial charge in [-0.2, -0.15) is 0 Å². The minimum absolute atomic E-state index is 0.290. The maximum Gasteiger partial charge on any atom is 0.125 e. The number of halogens is 1. The maximum atomic E-state index is 13.2. The number of rotatable bonds is 4. The van der Waals surface area contributed by atoms with Gasteiger partial charge >= 0.3 is 0 Å². The van der Waals surface area contributed by atoms with Crippen LogP contribution in [0.1, 0.15) is 11.4 Å². The minimum Gasteiger partial charge on any atom is -0.497 e. The first-order valence-electron chi connectivity index (χ1n) is 7.30. The molecule has 0 saturated heterocycles. The SMILES string of the molecule is COc1ccc(-n2c(C)ccc2C=Nc2cccc(F)c2)cc1. The zero-order valence-corrected chi connectivity index (χ0v) is 13.0. The van der Waals surface area contributed by atoms with Crippen molar-refractivity contribution in [3.8, 4) is 11.4 Å². The van der Waals surface area contributed by atoms with Gasteiger partial charge in [-0.15, -0.1) is 0 Å². The van der Waals surface area contributed by atoms with Gasteiger partial charge in [0.15, 0.2) is 0 Å². The molecule has 0 radical (unpaired) electrons. The average Bonchev–Trinajstić information content (AvgIpc) is 2.94. The molecule has 4 heteroatoms. The number of aryl methyl sites for hydroxylation is 1. The average molecular weight is 308 g/mol. The molecule has 116 valence electrons. The van der Waals surface area contributed by atoms with Crippen molar-refractivity contribution >= 4 is 11.9 Å². The third-order valence-electron chi connectivity index (χ3n) is 3.59. The molecule has 2 aromatic carbocycles. The Kier molecular flexibility index (Phi) is 4.24. The summed E-state index contributed by atoms with van der Waals surface area (Å²) in [4.78, 5) is 4.36. The highest BCUT2D eigenvalue weighted by Gasteiger charge is 2.06. The first-order chi connectivity index (χ1) is 11.2. The molecule has 0 unspecified atom stereocenters. The molecule has 0 spiro atoms. The van der Waals surface area contributed by atoms with E-state index in [-0.39, 0.29) is 5.82 Å². The lowest BCUT2D eigenvalue weighted by molar-refractivity contribution is 0.414. The van der Waals surface area contributed by atoms with Crippen LogP contribution >= 0.6 is 0 Å². The number of aliphatic imine (C=N–C) groups is 1. The Morgan fingerprint density at radius 2 is 1.83 bits per heavy atom. The van der Waals surface area contributed by atoms with Crippen molar-refractivity contribution < 1.29 is 9.13 Å². The van der Waals surface area contributed by atoms with E-state index in [2.05, 4.69) is 9.56 Å². The van der Waals surface area contributed by atoms with Gasteiger partial charge in [-0.25, -0.2) is 4.39 Å². The van der Waals surface area contributed by atoms with E-state index in [9.17, 15) is 4.39 Å². The van der Waals surface area contributed by atoms with Gasteiger partial charge < -0.3 is 9.30 Å². The van der Waals surface area contributed by atoms with Crippen molar-refractivity contribution in [3.05, 3.63) is 77.9 Å². The lowest BCUT2D eigenvalue weighted by Crippen LogP contribution is -2.01. The fourth-order valence-corrected chi connectivity index (χ4v) is 2.44. The first kappa shape index (κ1) is 15.0. The van der Waals surface area contributed by atoms with Crippen molar-refractivity contribution in [2.45, 2.75) is 6.92 Å². The molecular formula is C19H17FN2O. The Balaban J connectivity index is 1.95. The Labute approximate surface area is 134 Å². The molecule has 3 aromatic rings. The van der Waals surface area contributed by atoms with Crippen LogP contribution < -0.4 is 4.74 Å². The minimum atomic E-state index is -0.290. The fourth-order valence-electron chi connectivity index (χ4n) is 2.44. The van der Waals surface area contributed by atoms with Crippen molar-refractivity contribution in [2.75, 3.05) is 7.11 Å². The van der Waals surface area contributed by atoms with Crippen LogP contribution in [0, 0.1) is 12.7 Å². The summed E-state index contributed by atoms with van der Waals surface area (Å²) < 4.78 is 20.5. The van der Waals surface area contributed by atoms with Crippen LogP contribution in [-0.2, 0) is 0 Å². The molecule has 0 atom stereocenters. The summed E-state index contributed by atoms with van der Waals surface area (Å²) in [5, 5.41) is 0. The van der Waals surface area contributed by atoms with Crippen molar-refractivity contribution in [1.29, 1.82) is 0 Å². The monoisotopic (exact) mass is 308 g/mol. The molecule has 0 aliphatic carbocycles. The molecule has 23 heavy (non-hydrogen) atoms. The normalized spacial score (nSPS) is 11.1. The second-order valence-corrected chi connectivity index (χ2v) is 5.17. The largest absolute Gasteiger partial charge is 0.497 e. The third-order valence-corrected chi connectivity index (χ3v) is 3.59. The van der Waals surface area contributed by atoms with E-state index < -0.39 is 0 Å². The van der Waals surface area contributed by atoms with E-state index >= 15 is 0 Å². The topological polar surface area (TPSA) is 26.5 Å². The summed E-state index contributed by atoms with van der Waals surface area (Å²) in [7, 11) is 1.65. The van der Waals surface area contributed by atoms with E-state index in [0.717, 1.165) is 22.8 Å². The summed E-state index contributed by atoms with van der Waals surface area (Å²) in [5.41, 5.74) is 3.63. The standard InChI is InChI=1S/C19H17FN2O/c1-14-6-7-18(13-21-16-5-3-4-15(20)12-16)22(14)17-8-10-19(23-2)11-9-17/h3-13H,1-2H3. The zero-order valence-electron chi connectivity index (χ0n) is 13.0. The van der Waals surface area contributed by atoms with Crippen LogP contribution in [0.25, 0.3) is 5.69 Å². The van der Waals surface area contributed by atoms with Gasteiger partial charge in [0.2, 0.25) is 0 Å². The van der Waals surface area contributed by atoms with Crippen LogP contribution in [0.15, 0.2) is 65.7 Å². The molecule has 0 bridgehead atoms. The van der Waals surface area contributed by atoms with Crippen molar-refractivity contribution in [2.24, 2.45) is 4.99 Å². The van der Waals surface area contributed by atoms with Gasteiger partial charge in [-0.3, -0.25) is 4.99 Å². The zero-order chi connectivity index (χ0) is 16.2. The highest BCUT2D eigenvalue weighted by atomic mass is 19.1. The highest BCUT2D eigenvalue weighted by Crippen LogP contribution is 2.20. The molecule has 1 aromatic heterocycles. The second-order valence-electron chi connectivity index (χ2n) is 5.17. The quantitative estimate of drug-likeness (QED) is 0.643. The number of hydrogen-bond acceptors (Lipinski definition) is 2. The van der Waals surface area contributed by atoms with Crippen molar-refractivity contribution in [3.63, 3.8) is 0 Å². The molecule has 0 aliphatic heterocycles. The van der Waals surface area contributed by atoms with Crippen molar-refractivity contribution in [1.82, 2.24) is 4.57 Å². The number of ether oxygens (including phenoxy) is 1. The molecule has 3 nitrogen and oxygen atoms in total. The van der Waals surface area contributed by atoms with Crippen LogP contribution in [0.5, 0.6) is 5.75 Å². The summed E-state index contributed by atoms with van der Waals surface area (Å²) in [5.74, 6) is 0.523. The molecule has 0 saturated carbocycles. The van der Waals surface area contributed by atoms with E-state index in [1.165, 1.54) is 12.1 Å². The molecule has 1 heterocycles. The Hall–Kier alpha value is -2.88. The van der Waals surface area contributed by atoms with E-state index in [1.807, 2.05) is 43.3 Å². The first-order valence-corrected chi connectivity index (χ1v) is 7.30. The second kappa shape index (κ2) is 6.48. The molecule has 0 amide bonds. The van der Waals surface area contributed by atoms with E-state index in [1.54, 1.807) is 25.5 Å². The van der Waals surface area contributed by atoms with Gasteiger partial charge in [0, 0.05) is 11.4 Å². The molecule has 3 rings (SSSR count). The third kappa shape index (κ3) is 3.31. The maximum absolute atomic E-state index is 13.2. The van der Waals surface area contributed by atoms with Crippen LogP contribution in [-0.4, -0.2) is 17.9 Å². The van der Waals surface area contributed by atoms with Crippen LogP contribution in [0.4, 0.5) is 10.1 Å². The van der Waals surface area contributed by atoms with E-state index in [4.69, 9.17) is 4.74 Å². The summed E-state index contributed by atoms with van der Waals surface area (Å²) in [6.45, 7) is 2.03. The predicted octanol–water partition coefficient (Wildman–Crippen LogP) is 4.68. The predicted molar refractivity (Wildman–Crippen MR) is 90.7 cm³/mol. The fraction of sp³-hybridized carbons (Fsp3) is 0.105. The van der Waals surface area contributed by atoms with Gasteiger partial charge in [0.1, 0.15) is 11.6 Å². The molecule has 0 fully saturated rings. The number of aromatic nitrogens is 1. The van der Waals surface area contributed by atoms with Crippen LogP contribution in [0.3, 0.4) is 0 Å². The Morgan fingerprint density at radius 1 is 1.04 bits per heavy atom. The Bertz CT molecular complexity index is 835. The smallest absolute Gasteiger partial charge is 0.125 e. The number of methoxy groups -OCH3 is 1.